The Morgan fingerprint density at radius 2 is 1.88 bits per heavy atom. The van der Waals surface area contributed by atoms with Gasteiger partial charge in [-0.05, 0) is 36.8 Å². The zero-order chi connectivity index (χ0) is 17.6. The van der Waals surface area contributed by atoms with Crippen molar-refractivity contribution in [1.29, 1.82) is 0 Å². The van der Waals surface area contributed by atoms with Gasteiger partial charge < -0.3 is 14.5 Å². The number of nitrogens with one attached hydrogen (secondary N) is 2. The Labute approximate surface area is 141 Å². The van der Waals surface area contributed by atoms with Crippen molar-refractivity contribution in [2.45, 2.75) is 18.4 Å². The molecule has 0 aliphatic carbocycles. The molecule has 0 fully saturated rings. The van der Waals surface area contributed by atoms with Crippen LogP contribution < -0.4 is 10.0 Å². The van der Waals surface area contributed by atoms with Crippen molar-refractivity contribution in [2.75, 3.05) is 20.3 Å². The number of rotatable bonds is 8. The second-order valence-electron chi connectivity index (χ2n) is 5.13. The summed E-state index contributed by atoms with van der Waals surface area (Å²) in [6.45, 7) is 2.54. The van der Waals surface area contributed by atoms with E-state index in [9.17, 15) is 13.2 Å². The first-order valence-corrected chi connectivity index (χ1v) is 8.83. The summed E-state index contributed by atoms with van der Waals surface area (Å²) in [5.74, 6) is 0.589. The Balaban J connectivity index is 1.93. The maximum Gasteiger partial charge on any atom is 0.287 e. The Bertz CT molecular complexity index is 781. The number of hydrogen-bond acceptors (Lipinski definition) is 5. The highest BCUT2D eigenvalue weighted by molar-refractivity contribution is 7.89. The fourth-order valence-corrected chi connectivity index (χ4v) is 2.99. The minimum Gasteiger partial charge on any atom is -0.456 e. The van der Waals surface area contributed by atoms with E-state index in [1.165, 1.54) is 19.2 Å². The number of amides is 1. The van der Waals surface area contributed by atoms with Crippen LogP contribution in [-0.2, 0) is 21.3 Å². The average molecular weight is 352 g/mol. The van der Waals surface area contributed by atoms with Crippen LogP contribution in [0, 0.1) is 6.92 Å². The lowest BCUT2D eigenvalue weighted by atomic mass is 10.2. The summed E-state index contributed by atoms with van der Waals surface area (Å²) in [6.07, 6.45) is 0. The van der Waals surface area contributed by atoms with Gasteiger partial charge in [0.1, 0.15) is 5.76 Å². The molecule has 1 aromatic carbocycles. The maximum absolute atomic E-state index is 12.0. The molecule has 0 spiro atoms. The van der Waals surface area contributed by atoms with Crippen LogP contribution in [0.3, 0.4) is 0 Å². The fourth-order valence-electron chi connectivity index (χ4n) is 1.97. The third-order valence-corrected chi connectivity index (χ3v) is 4.73. The molecule has 0 atom stereocenters. The molecule has 1 amide bonds. The monoisotopic (exact) mass is 352 g/mol. The summed E-state index contributed by atoms with van der Waals surface area (Å²) in [5, 5.41) is 2.71. The Morgan fingerprint density at radius 1 is 1.17 bits per heavy atom. The van der Waals surface area contributed by atoms with E-state index in [1.807, 2.05) is 0 Å². The van der Waals surface area contributed by atoms with E-state index in [-0.39, 0.29) is 29.7 Å². The van der Waals surface area contributed by atoms with Crippen molar-refractivity contribution in [3.05, 3.63) is 53.5 Å². The molecule has 1 aromatic heterocycles. The molecule has 0 aliphatic heterocycles. The second kappa shape index (κ2) is 8.09. The molecule has 8 heteroatoms. The van der Waals surface area contributed by atoms with E-state index in [4.69, 9.17) is 9.15 Å². The predicted octanol–water partition coefficient (Wildman–Crippen LogP) is 1.44. The molecule has 0 aliphatic rings. The molecule has 130 valence electrons. The van der Waals surface area contributed by atoms with Gasteiger partial charge in [0.15, 0.2) is 5.76 Å². The summed E-state index contributed by atoms with van der Waals surface area (Å²) in [4.78, 5) is 12.0. The van der Waals surface area contributed by atoms with Gasteiger partial charge in [-0.15, -0.1) is 0 Å². The number of sulfonamides is 1. The Hall–Kier alpha value is -2.16. The van der Waals surface area contributed by atoms with Gasteiger partial charge in [0.2, 0.25) is 10.0 Å². The van der Waals surface area contributed by atoms with Crippen molar-refractivity contribution in [3.63, 3.8) is 0 Å². The van der Waals surface area contributed by atoms with Crippen LogP contribution >= 0.6 is 0 Å². The number of hydrogen-bond donors (Lipinski definition) is 2. The fraction of sp³-hybridized carbons (Fsp3) is 0.312. The summed E-state index contributed by atoms with van der Waals surface area (Å²) < 4.78 is 36.5. The van der Waals surface area contributed by atoms with Crippen LogP contribution in [0.5, 0.6) is 0 Å². The van der Waals surface area contributed by atoms with E-state index in [0.29, 0.717) is 12.4 Å². The second-order valence-corrected chi connectivity index (χ2v) is 6.89. The molecule has 1 heterocycles. The van der Waals surface area contributed by atoms with Gasteiger partial charge in [-0.1, -0.05) is 12.1 Å². The molecule has 0 saturated heterocycles. The van der Waals surface area contributed by atoms with Crippen LogP contribution in [0.25, 0.3) is 0 Å². The van der Waals surface area contributed by atoms with E-state index in [0.717, 1.165) is 5.56 Å². The van der Waals surface area contributed by atoms with E-state index in [2.05, 4.69) is 10.0 Å². The molecule has 2 aromatic rings. The summed E-state index contributed by atoms with van der Waals surface area (Å²) in [7, 11) is -2.05. The lowest BCUT2D eigenvalue weighted by Crippen LogP contribution is -2.27. The molecular weight excluding hydrogens is 332 g/mol. The average Bonchev–Trinajstić information content (AvgIpc) is 3.00. The zero-order valence-corrected chi connectivity index (χ0v) is 14.4. The van der Waals surface area contributed by atoms with E-state index < -0.39 is 10.0 Å². The molecule has 0 saturated carbocycles. The van der Waals surface area contributed by atoms with Gasteiger partial charge >= 0.3 is 0 Å². The first kappa shape index (κ1) is 18.2. The van der Waals surface area contributed by atoms with Crippen LogP contribution in [0.4, 0.5) is 0 Å². The van der Waals surface area contributed by atoms with Crippen LogP contribution in [-0.4, -0.2) is 34.6 Å². The molecule has 0 bridgehead atoms. The quantitative estimate of drug-likeness (QED) is 0.701. The largest absolute Gasteiger partial charge is 0.456 e. The van der Waals surface area contributed by atoms with Crippen molar-refractivity contribution in [1.82, 2.24) is 10.0 Å². The number of methoxy groups -OCH3 is 1. The highest BCUT2D eigenvalue weighted by Gasteiger charge is 2.13. The van der Waals surface area contributed by atoms with Crippen molar-refractivity contribution >= 4 is 15.9 Å². The number of ether oxygens (including phenoxy) is 1. The maximum atomic E-state index is 12.0. The summed E-state index contributed by atoms with van der Waals surface area (Å²) in [6, 6.07) is 9.61. The molecule has 2 rings (SSSR count). The summed E-state index contributed by atoms with van der Waals surface area (Å²) >= 11 is 0. The number of benzene rings is 1. The minimum absolute atomic E-state index is 0.162. The van der Waals surface area contributed by atoms with Gasteiger partial charge in [0, 0.05) is 20.2 Å². The summed E-state index contributed by atoms with van der Waals surface area (Å²) in [5.41, 5.74) is 0.780. The lowest BCUT2D eigenvalue weighted by Gasteiger charge is -2.08. The molecular formula is C16H20N2O5S. The zero-order valence-electron chi connectivity index (χ0n) is 13.5. The van der Waals surface area contributed by atoms with Crippen molar-refractivity contribution < 1.29 is 22.4 Å². The SMILES string of the molecule is COCCNS(=O)(=O)c1ccc(CNC(=O)c2ccc(C)o2)cc1. The van der Waals surface area contributed by atoms with Gasteiger partial charge in [0.25, 0.3) is 5.91 Å². The number of aryl methyl sites for hydroxylation is 1. The molecule has 0 unspecified atom stereocenters. The van der Waals surface area contributed by atoms with Crippen molar-refractivity contribution in [2.24, 2.45) is 0 Å². The molecule has 0 radical (unpaired) electrons. The Morgan fingerprint density at radius 3 is 2.46 bits per heavy atom. The van der Waals surface area contributed by atoms with E-state index >= 15 is 0 Å². The smallest absolute Gasteiger partial charge is 0.287 e. The van der Waals surface area contributed by atoms with Gasteiger partial charge in [-0.3, -0.25) is 4.79 Å². The third-order valence-electron chi connectivity index (χ3n) is 3.25. The normalized spacial score (nSPS) is 11.4. The van der Waals surface area contributed by atoms with E-state index in [1.54, 1.807) is 31.2 Å². The topological polar surface area (TPSA) is 97.6 Å². The number of carbonyl (C=O) groups is 1. The Kier molecular flexibility index (Phi) is 6.13. The minimum atomic E-state index is -3.55. The standard InChI is InChI=1S/C16H20N2O5S/c1-12-3-8-15(23-12)16(19)17-11-13-4-6-14(7-5-13)24(20,21)18-9-10-22-2/h3-8,18H,9-11H2,1-2H3,(H,17,19). The van der Waals surface area contributed by atoms with Gasteiger partial charge in [-0.2, -0.15) is 0 Å². The highest BCUT2D eigenvalue weighted by Crippen LogP contribution is 2.11. The number of furan rings is 1. The lowest BCUT2D eigenvalue weighted by molar-refractivity contribution is 0.0922. The van der Waals surface area contributed by atoms with Crippen LogP contribution in [0.2, 0.25) is 0 Å². The highest BCUT2D eigenvalue weighted by atomic mass is 32.2. The predicted molar refractivity (Wildman–Crippen MR) is 88.1 cm³/mol. The first-order chi connectivity index (χ1) is 11.4. The number of carbonyl (C=O) groups excluding carboxylic acids is 1. The van der Waals surface area contributed by atoms with Gasteiger partial charge in [0.05, 0.1) is 11.5 Å². The molecule has 7 nitrogen and oxygen atoms in total. The van der Waals surface area contributed by atoms with Crippen LogP contribution in [0.15, 0.2) is 45.7 Å². The first-order valence-electron chi connectivity index (χ1n) is 7.34. The van der Waals surface area contributed by atoms with Crippen molar-refractivity contribution in [3.8, 4) is 0 Å². The third kappa shape index (κ3) is 4.92. The molecule has 24 heavy (non-hydrogen) atoms. The molecule has 2 N–H and O–H groups in total. The van der Waals surface area contributed by atoms with Crippen LogP contribution in [0.1, 0.15) is 21.9 Å². The van der Waals surface area contributed by atoms with Gasteiger partial charge in [-0.25, -0.2) is 13.1 Å².